The van der Waals surface area contributed by atoms with Crippen molar-refractivity contribution in [3.05, 3.63) is 71.7 Å². The van der Waals surface area contributed by atoms with E-state index < -0.39 is 0 Å². The molecule has 0 radical (unpaired) electrons. The van der Waals surface area contributed by atoms with Gasteiger partial charge < -0.3 is 10.6 Å². The molecule has 5 heteroatoms. The molecule has 0 spiro atoms. The molecule has 2 heterocycles. The van der Waals surface area contributed by atoms with Crippen LogP contribution >= 0.6 is 0 Å². The van der Waals surface area contributed by atoms with Crippen LogP contribution < -0.4 is 10.6 Å². The monoisotopic (exact) mass is 305 g/mol. The van der Waals surface area contributed by atoms with Crippen molar-refractivity contribution >= 4 is 17.5 Å². The Balaban J connectivity index is 1.75. The maximum Gasteiger partial charge on any atom is 0.229 e. The molecule has 0 amide bonds. The van der Waals surface area contributed by atoms with E-state index in [1.807, 2.05) is 43.3 Å². The lowest BCUT2D eigenvalue weighted by Crippen LogP contribution is -2.06. The minimum Gasteiger partial charge on any atom is -0.366 e. The number of rotatable bonds is 5. The Kier molecular flexibility index (Phi) is 4.47. The third kappa shape index (κ3) is 4.03. The number of hydrogen-bond acceptors (Lipinski definition) is 5. The zero-order valence-corrected chi connectivity index (χ0v) is 13.2. The number of para-hydroxylation sites is 1. The maximum absolute atomic E-state index is 4.54. The van der Waals surface area contributed by atoms with Gasteiger partial charge in [0, 0.05) is 36.4 Å². The molecule has 116 valence electrons. The number of nitrogens with one attached hydrogen (secondary N) is 2. The Bertz CT molecular complexity index is 786. The lowest BCUT2D eigenvalue weighted by atomic mass is 10.2. The topological polar surface area (TPSA) is 62.7 Å². The van der Waals surface area contributed by atoms with E-state index in [2.05, 4.69) is 38.6 Å². The number of anilines is 3. The summed E-state index contributed by atoms with van der Waals surface area (Å²) in [6, 6.07) is 14.0. The SMILES string of the molecule is Cc1cc(NCc2ccncc2)nc(Nc2ccccc2C)n1. The van der Waals surface area contributed by atoms with E-state index in [0.29, 0.717) is 12.5 Å². The smallest absolute Gasteiger partial charge is 0.229 e. The second-order valence-corrected chi connectivity index (χ2v) is 5.37. The summed E-state index contributed by atoms with van der Waals surface area (Å²) < 4.78 is 0. The van der Waals surface area contributed by atoms with Gasteiger partial charge in [-0.1, -0.05) is 18.2 Å². The summed E-state index contributed by atoms with van der Waals surface area (Å²) in [7, 11) is 0. The average molecular weight is 305 g/mol. The van der Waals surface area contributed by atoms with Crippen LogP contribution in [0.15, 0.2) is 54.9 Å². The first kappa shape index (κ1) is 15.0. The lowest BCUT2D eigenvalue weighted by molar-refractivity contribution is 1.05. The molecule has 23 heavy (non-hydrogen) atoms. The van der Waals surface area contributed by atoms with E-state index in [0.717, 1.165) is 28.3 Å². The van der Waals surface area contributed by atoms with Gasteiger partial charge in [0.15, 0.2) is 0 Å². The second-order valence-electron chi connectivity index (χ2n) is 5.37. The summed E-state index contributed by atoms with van der Waals surface area (Å²) >= 11 is 0. The molecular weight excluding hydrogens is 286 g/mol. The summed E-state index contributed by atoms with van der Waals surface area (Å²) in [6.45, 7) is 4.71. The molecule has 0 saturated carbocycles. The quantitative estimate of drug-likeness (QED) is 0.750. The molecule has 0 unspecified atom stereocenters. The van der Waals surface area contributed by atoms with Crippen LogP contribution in [0.3, 0.4) is 0 Å². The predicted molar refractivity (Wildman–Crippen MR) is 92.8 cm³/mol. The van der Waals surface area contributed by atoms with E-state index in [1.165, 1.54) is 0 Å². The number of aryl methyl sites for hydroxylation is 2. The third-order valence-corrected chi connectivity index (χ3v) is 3.47. The predicted octanol–water partition coefficient (Wildman–Crippen LogP) is 3.84. The molecule has 0 aliphatic heterocycles. The summed E-state index contributed by atoms with van der Waals surface area (Å²) in [6.07, 6.45) is 3.57. The van der Waals surface area contributed by atoms with Gasteiger partial charge in [-0.2, -0.15) is 4.98 Å². The van der Waals surface area contributed by atoms with Crippen molar-refractivity contribution in [2.75, 3.05) is 10.6 Å². The summed E-state index contributed by atoms with van der Waals surface area (Å²) in [5.74, 6) is 1.39. The van der Waals surface area contributed by atoms with E-state index in [-0.39, 0.29) is 0 Å². The van der Waals surface area contributed by atoms with Crippen LogP contribution in [0.2, 0.25) is 0 Å². The first-order valence-electron chi connectivity index (χ1n) is 7.52. The minimum absolute atomic E-state index is 0.594. The molecule has 2 aromatic heterocycles. The van der Waals surface area contributed by atoms with E-state index >= 15 is 0 Å². The van der Waals surface area contributed by atoms with Crippen molar-refractivity contribution in [3.63, 3.8) is 0 Å². The number of benzene rings is 1. The molecule has 3 rings (SSSR count). The number of pyridine rings is 1. The van der Waals surface area contributed by atoms with E-state index in [9.17, 15) is 0 Å². The number of nitrogens with zero attached hydrogens (tertiary/aromatic N) is 3. The second kappa shape index (κ2) is 6.87. The van der Waals surface area contributed by atoms with Gasteiger partial charge in [-0.05, 0) is 43.2 Å². The number of aromatic nitrogens is 3. The summed E-state index contributed by atoms with van der Waals surface area (Å²) in [5, 5.41) is 6.60. The Labute approximate surface area is 135 Å². The van der Waals surface area contributed by atoms with Gasteiger partial charge in [0.2, 0.25) is 5.95 Å². The fourth-order valence-electron chi connectivity index (χ4n) is 2.24. The van der Waals surface area contributed by atoms with Crippen molar-refractivity contribution in [2.24, 2.45) is 0 Å². The molecule has 0 bridgehead atoms. The fraction of sp³-hybridized carbons (Fsp3) is 0.167. The molecule has 0 fully saturated rings. The van der Waals surface area contributed by atoms with Gasteiger partial charge in [-0.25, -0.2) is 4.98 Å². The van der Waals surface area contributed by atoms with Crippen LogP contribution in [-0.4, -0.2) is 15.0 Å². The van der Waals surface area contributed by atoms with Gasteiger partial charge in [0.05, 0.1) is 0 Å². The highest BCUT2D eigenvalue weighted by Gasteiger charge is 2.04. The highest BCUT2D eigenvalue weighted by Crippen LogP contribution is 2.19. The Morgan fingerprint density at radius 1 is 0.957 bits per heavy atom. The minimum atomic E-state index is 0.594. The van der Waals surface area contributed by atoms with Crippen LogP contribution in [0, 0.1) is 13.8 Å². The van der Waals surface area contributed by atoms with Crippen molar-refractivity contribution in [3.8, 4) is 0 Å². The average Bonchev–Trinajstić information content (AvgIpc) is 2.56. The maximum atomic E-state index is 4.54. The Morgan fingerprint density at radius 3 is 2.52 bits per heavy atom. The van der Waals surface area contributed by atoms with Crippen molar-refractivity contribution in [1.82, 2.24) is 15.0 Å². The van der Waals surface area contributed by atoms with Crippen molar-refractivity contribution < 1.29 is 0 Å². The molecular formula is C18H19N5. The molecule has 1 aromatic carbocycles. The first-order chi connectivity index (χ1) is 11.2. The summed E-state index contributed by atoms with van der Waals surface area (Å²) in [5.41, 5.74) is 4.24. The van der Waals surface area contributed by atoms with E-state index in [4.69, 9.17) is 0 Å². The Hall–Kier alpha value is -2.95. The summed E-state index contributed by atoms with van der Waals surface area (Å²) in [4.78, 5) is 13.0. The zero-order valence-electron chi connectivity index (χ0n) is 13.2. The Morgan fingerprint density at radius 2 is 1.74 bits per heavy atom. The molecule has 5 nitrogen and oxygen atoms in total. The van der Waals surface area contributed by atoms with Gasteiger partial charge in [0.25, 0.3) is 0 Å². The zero-order chi connectivity index (χ0) is 16.1. The van der Waals surface area contributed by atoms with Gasteiger partial charge in [-0.3, -0.25) is 4.98 Å². The largest absolute Gasteiger partial charge is 0.366 e. The van der Waals surface area contributed by atoms with Crippen LogP contribution in [-0.2, 0) is 6.54 Å². The standard InChI is InChI=1S/C18H19N5/c1-13-5-3-4-6-16(13)22-18-21-14(2)11-17(23-18)20-12-15-7-9-19-10-8-15/h3-11H,12H2,1-2H3,(H2,20,21,22,23). The third-order valence-electron chi connectivity index (χ3n) is 3.47. The molecule has 0 aliphatic carbocycles. The normalized spacial score (nSPS) is 10.3. The van der Waals surface area contributed by atoms with Crippen molar-refractivity contribution in [1.29, 1.82) is 0 Å². The molecule has 0 aliphatic rings. The molecule has 0 atom stereocenters. The van der Waals surface area contributed by atoms with Crippen molar-refractivity contribution in [2.45, 2.75) is 20.4 Å². The molecule has 2 N–H and O–H groups in total. The molecule has 3 aromatic rings. The van der Waals surface area contributed by atoms with E-state index in [1.54, 1.807) is 12.4 Å². The molecule has 0 saturated heterocycles. The van der Waals surface area contributed by atoms with Gasteiger partial charge in [0.1, 0.15) is 5.82 Å². The van der Waals surface area contributed by atoms with Crippen LogP contribution in [0.25, 0.3) is 0 Å². The van der Waals surface area contributed by atoms with Crippen LogP contribution in [0.1, 0.15) is 16.8 Å². The number of hydrogen-bond donors (Lipinski definition) is 2. The lowest BCUT2D eigenvalue weighted by Gasteiger charge is -2.11. The van der Waals surface area contributed by atoms with Crippen LogP contribution in [0.4, 0.5) is 17.5 Å². The van der Waals surface area contributed by atoms with Gasteiger partial charge >= 0.3 is 0 Å². The fourth-order valence-corrected chi connectivity index (χ4v) is 2.24. The highest BCUT2D eigenvalue weighted by molar-refractivity contribution is 5.59. The van der Waals surface area contributed by atoms with Crippen LogP contribution in [0.5, 0.6) is 0 Å². The first-order valence-corrected chi connectivity index (χ1v) is 7.52. The highest BCUT2D eigenvalue weighted by atomic mass is 15.1. The van der Waals surface area contributed by atoms with Gasteiger partial charge in [-0.15, -0.1) is 0 Å².